The summed E-state index contributed by atoms with van der Waals surface area (Å²) in [6.45, 7) is 2.68. The van der Waals surface area contributed by atoms with Crippen molar-refractivity contribution in [2.45, 2.75) is 19.3 Å². The van der Waals surface area contributed by atoms with Gasteiger partial charge in [0, 0.05) is 18.7 Å². The van der Waals surface area contributed by atoms with Gasteiger partial charge in [-0.1, -0.05) is 0 Å². The molecular weight excluding hydrogens is 286 g/mol. The Kier molecular flexibility index (Phi) is 6.14. The van der Waals surface area contributed by atoms with Crippen molar-refractivity contribution in [2.24, 2.45) is 5.92 Å². The van der Waals surface area contributed by atoms with Gasteiger partial charge in [0.2, 0.25) is 0 Å². The standard InChI is InChI=1S/C15H21N3O4/c19-15(17-9-7-12-2-1-8-16-10-12)11-22-14-5-3-13(4-6-14)18(20)21/h3-6,12,16H,1-2,7-11H2,(H,17,19). The third-order valence-corrected chi connectivity index (χ3v) is 3.69. The lowest BCUT2D eigenvalue weighted by Crippen LogP contribution is -2.34. The molecule has 0 radical (unpaired) electrons. The second kappa shape index (κ2) is 8.33. The Labute approximate surface area is 129 Å². The molecule has 1 amide bonds. The molecule has 0 bridgehead atoms. The number of amides is 1. The number of carbonyl (C=O) groups excluding carboxylic acids is 1. The second-order valence-corrected chi connectivity index (χ2v) is 5.39. The molecule has 1 aliphatic heterocycles. The van der Waals surface area contributed by atoms with Gasteiger partial charge < -0.3 is 15.4 Å². The predicted molar refractivity (Wildman–Crippen MR) is 81.8 cm³/mol. The van der Waals surface area contributed by atoms with Gasteiger partial charge in [-0.15, -0.1) is 0 Å². The minimum atomic E-state index is -0.476. The van der Waals surface area contributed by atoms with Crippen molar-refractivity contribution < 1.29 is 14.5 Å². The number of nitrogens with one attached hydrogen (secondary N) is 2. The zero-order valence-electron chi connectivity index (χ0n) is 12.4. The lowest BCUT2D eigenvalue weighted by atomic mass is 9.96. The molecule has 0 aromatic heterocycles. The first-order chi connectivity index (χ1) is 10.6. The molecule has 1 atom stereocenters. The van der Waals surface area contributed by atoms with E-state index in [2.05, 4.69) is 10.6 Å². The van der Waals surface area contributed by atoms with Gasteiger partial charge >= 0.3 is 0 Å². The minimum Gasteiger partial charge on any atom is -0.484 e. The average Bonchev–Trinajstić information content (AvgIpc) is 2.54. The number of rotatable bonds is 7. The van der Waals surface area contributed by atoms with E-state index in [0.717, 1.165) is 19.5 Å². The van der Waals surface area contributed by atoms with Crippen molar-refractivity contribution in [3.05, 3.63) is 34.4 Å². The fourth-order valence-corrected chi connectivity index (χ4v) is 2.45. The van der Waals surface area contributed by atoms with E-state index in [-0.39, 0.29) is 18.2 Å². The van der Waals surface area contributed by atoms with Gasteiger partial charge in [0.05, 0.1) is 4.92 Å². The quantitative estimate of drug-likeness (QED) is 0.588. The number of non-ortho nitro benzene ring substituents is 1. The number of nitro benzene ring substituents is 1. The van der Waals surface area contributed by atoms with E-state index in [4.69, 9.17) is 4.74 Å². The van der Waals surface area contributed by atoms with E-state index in [0.29, 0.717) is 18.2 Å². The zero-order valence-corrected chi connectivity index (χ0v) is 12.4. The maximum Gasteiger partial charge on any atom is 0.269 e. The van der Waals surface area contributed by atoms with Crippen LogP contribution in [0.25, 0.3) is 0 Å². The molecule has 1 saturated heterocycles. The number of hydrogen-bond acceptors (Lipinski definition) is 5. The summed E-state index contributed by atoms with van der Waals surface area (Å²) in [4.78, 5) is 21.7. The Balaban J connectivity index is 1.63. The Morgan fingerprint density at radius 1 is 1.41 bits per heavy atom. The van der Waals surface area contributed by atoms with Gasteiger partial charge in [0.1, 0.15) is 5.75 Å². The van der Waals surface area contributed by atoms with Gasteiger partial charge in [0.15, 0.2) is 6.61 Å². The van der Waals surface area contributed by atoms with Crippen LogP contribution in [0.4, 0.5) is 5.69 Å². The fourth-order valence-electron chi connectivity index (χ4n) is 2.45. The Hall–Kier alpha value is -2.15. The summed E-state index contributed by atoms with van der Waals surface area (Å²) in [6.07, 6.45) is 3.38. The lowest BCUT2D eigenvalue weighted by molar-refractivity contribution is -0.384. The molecule has 1 fully saturated rings. The van der Waals surface area contributed by atoms with Crippen LogP contribution in [0.15, 0.2) is 24.3 Å². The van der Waals surface area contributed by atoms with E-state index in [1.54, 1.807) is 0 Å². The minimum absolute atomic E-state index is 0.00195. The third kappa shape index (κ3) is 5.33. The molecule has 2 N–H and O–H groups in total. The Morgan fingerprint density at radius 3 is 2.82 bits per heavy atom. The van der Waals surface area contributed by atoms with E-state index in [9.17, 15) is 14.9 Å². The van der Waals surface area contributed by atoms with Crippen LogP contribution in [0.2, 0.25) is 0 Å². The van der Waals surface area contributed by atoms with Crippen LogP contribution in [0.5, 0.6) is 5.75 Å². The maximum atomic E-state index is 11.7. The first-order valence-electron chi connectivity index (χ1n) is 7.50. The van der Waals surface area contributed by atoms with Crippen molar-refractivity contribution in [2.75, 3.05) is 26.2 Å². The zero-order chi connectivity index (χ0) is 15.8. The molecule has 1 aromatic rings. The topological polar surface area (TPSA) is 93.5 Å². The number of carbonyl (C=O) groups is 1. The van der Waals surface area contributed by atoms with Crippen molar-refractivity contribution >= 4 is 11.6 Å². The molecule has 2 rings (SSSR count). The predicted octanol–water partition coefficient (Wildman–Crippen LogP) is 1.48. The highest BCUT2D eigenvalue weighted by atomic mass is 16.6. The summed E-state index contributed by atoms with van der Waals surface area (Å²) < 4.78 is 5.30. The van der Waals surface area contributed by atoms with Crippen LogP contribution < -0.4 is 15.4 Å². The third-order valence-electron chi connectivity index (χ3n) is 3.69. The largest absolute Gasteiger partial charge is 0.484 e. The average molecular weight is 307 g/mol. The van der Waals surface area contributed by atoms with Crippen LogP contribution in [-0.4, -0.2) is 37.1 Å². The summed E-state index contributed by atoms with van der Waals surface area (Å²) in [5, 5.41) is 16.7. The van der Waals surface area contributed by atoms with Gasteiger partial charge in [-0.05, 0) is 50.4 Å². The van der Waals surface area contributed by atoms with E-state index in [1.165, 1.54) is 37.1 Å². The van der Waals surface area contributed by atoms with Gasteiger partial charge in [-0.2, -0.15) is 0 Å². The summed E-state index contributed by atoms with van der Waals surface area (Å²) in [6, 6.07) is 5.67. The molecule has 0 aliphatic carbocycles. The van der Waals surface area contributed by atoms with Crippen molar-refractivity contribution in [3.63, 3.8) is 0 Å². The van der Waals surface area contributed by atoms with E-state index in [1.807, 2.05) is 0 Å². The van der Waals surface area contributed by atoms with Crippen molar-refractivity contribution in [3.8, 4) is 5.75 Å². The van der Waals surface area contributed by atoms with Crippen LogP contribution in [0, 0.1) is 16.0 Å². The number of piperidine rings is 1. The van der Waals surface area contributed by atoms with Crippen LogP contribution in [0.3, 0.4) is 0 Å². The van der Waals surface area contributed by atoms with Crippen LogP contribution >= 0.6 is 0 Å². The molecule has 120 valence electrons. The molecule has 0 spiro atoms. The normalized spacial score (nSPS) is 17.7. The summed E-state index contributed by atoms with van der Waals surface area (Å²) in [5.74, 6) is 0.893. The van der Waals surface area contributed by atoms with Gasteiger partial charge in [-0.3, -0.25) is 14.9 Å². The first kappa shape index (κ1) is 16.2. The summed E-state index contributed by atoms with van der Waals surface area (Å²) in [5.41, 5.74) is -0.00195. The molecule has 0 saturated carbocycles. The molecule has 1 unspecified atom stereocenters. The van der Waals surface area contributed by atoms with Crippen molar-refractivity contribution in [1.29, 1.82) is 0 Å². The summed E-state index contributed by atoms with van der Waals surface area (Å²) >= 11 is 0. The van der Waals surface area contributed by atoms with Gasteiger partial charge in [-0.25, -0.2) is 0 Å². The molecule has 1 aliphatic rings. The number of ether oxygens (including phenoxy) is 1. The van der Waals surface area contributed by atoms with E-state index >= 15 is 0 Å². The van der Waals surface area contributed by atoms with E-state index < -0.39 is 4.92 Å². The summed E-state index contributed by atoms with van der Waals surface area (Å²) in [7, 11) is 0. The highest BCUT2D eigenvalue weighted by molar-refractivity contribution is 5.77. The fraction of sp³-hybridized carbons (Fsp3) is 0.533. The molecular formula is C15H21N3O4. The molecule has 7 nitrogen and oxygen atoms in total. The lowest BCUT2D eigenvalue weighted by Gasteiger charge is -2.22. The smallest absolute Gasteiger partial charge is 0.269 e. The van der Waals surface area contributed by atoms with Gasteiger partial charge in [0.25, 0.3) is 11.6 Å². The monoisotopic (exact) mass is 307 g/mol. The maximum absolute atomic E-state index is 11.7. The highest BCUT2D eigenvalue weighted by Crippen LogP contribution is 2.17. The molecule has 7 heteroatoms. The van der Waals surface area contributed by atoms with Crippen molar-refractivity contribution in [1.82, 2.24) is 10.6 Å². The number of nitro groups is 1. The number of benzene rings is 1. The highest BCUT2D eigenvalue weighted by Gasteiger charge is 2.13. The first-order valence-corrected chi connectivity index (χ1v) is 7.50. The Bertz CT molecular complexity index is 498. The SMILES string of the molecule is O=C(COc1ccc([N+](=O)[O-])cc1)NCCC1CCCNC1. The molecule has 1 heterocycles. The molecule has 22 heavy (non-hydrogen) atoms. The molecule has 1 aromatic carbocycles. The number of hydrogen-bond donors (Lipinski definition) is 2. The Morgan fingerprint density at radius 2 is 2.18 bits per heavy atom. The van der Waals surface area contributed by atoms with Crippen LogP contribution in [-0.2, 0) is 4.79 Å². The second-order valence-electron chi connectivity index (χ2n) is 5.39. The van der Waals surface area contributed by atoms with Crippen LogP contribution in [0.1, 0.15) is 19.3 Å². The number of nitrogens with zero attached hydrogens (tertiary/aromatic N) is 1.